The highest BCUT2D eigenvalue weighted by Crippen LogP contribution is 2.05. The zero-order valence-electron chi connectivity index (χ0n) is 14.1. The number of methoxy groups -OCH3 is 1. The Morgan fingerprint density at radius 1 is 1.15 bits per heavy atom. The molecule has 0 fully saturated rings. The zero-order chi connectivity index (χ0) is 15.5. The van der Waals surface area contributed by atoms with E-state index in [1.54, 1.807) is 7.11 Å². The van der Waals surface area contributed by atoms with E-state index in [2.05, 4.69) is 38.2 Å². The first-order valence-corrected chi connectivity index (χ1v) is 7.51. The third kappa shape index (κ3) is 11.6. The highest BCUT2D eigenvalue weighted by Gasteiger charge is 2.14. The molecule has 0 aliphatic heterocycles. The van der Waals surface area contributed by atoms with Gasteiger partial charge in [-0.25, -0.2) is 0 Å². The molecular formula is C15H34N2O3. The number of aliphatic hydroxyl groups excluding tert-OH is 1. The Labute approximate surface area is 124 Å². The van der Waals surface area contributed by atoms with Gasteiger partial charge in [0.15, 0.2) is 0 Å². The van der Waals surface area contributed by atoms with Crippen molar-refractivity contribution in [2.45, 2.75) is 45.4 Å². The highest BCUT2D eigenvalue weighted by atomic mass is 16.5. The van der Waals surface area contributed by atoms with Gasteiger partial charge in [0.25, 0.3) is 0 Å². The second kappa shape index (κ2) is 11.5. The van der Waals surface area contributed by atoms with Crippen LogP contribution in [0.15, 0.2) is 0 Å². The zero-order valence-corrected chi connectivity index (χ0v) is 14.1. The van der Waals surface area contributed by atoms with Gasteiger partial charge in [-0.15, -0.1) is 0 Å². The van der Waals surface area contributed by atoms with Crippen LogP contribution in [-0.4, -0.2) is 75.8 Å². The van der Waals surface area contributed by atoms with Crippen LogP contribution >= 0.6 is 0 Å². The maximum absolute atomic E-state index is 9.94. The van der Waals surface area contributed by atoms with Crippen molar-refractivity contribution in [3.63, 3.8) is 0 Å². The number of nitrogens with one attached hydrogen (secondary N) is 1. The molecule has 0 aromatic heterocycles. The van der Waals surface area contributed by atoms with E-state index in [1.807, 2.05) is 6.92 Å². The highest BCUT2D eigenvalue weighted by molar-refractivity contribution is 4.73. The molecule has 0 aromatic carbocycles. The maximum Gasteiger partial charge on any atom is 0.0897 e. The van der Waals surface area contributed by atoms with Crippen LogP contribution in [0.3, 0.4) is 0 Å². The third-order valence-corrected chi connectivity index (χ3v) is 2.96. The molecule has 5 nitrogen and oxygen atoms in total. The lowest BCUT2D eigenvalue weighted by atomic mass is 10.0. The first-order chi connectivity index (χ1) is 9.35. The molecule has 122 valence electrons. The summed E-state index contributed by atoms with van der Waals surface area (Å²) in [6.45, 7) is 8.81. The SMILES string of the molecule is COCC(C)OCC(O)CNC(CC(C)C)CN(C)C. The maximum atomic E-state index is 9.94. The van der Waals surface area contributed by atoms with E-state index in [9.17, 15) is 5.11 Å². The third-order valence-electron chi connectivity index (χ3n) is 2.96. The lowest BCUT2D eigenvalue weighted by Gasteiger charge is -2.25. The number of nitrogens with zero attached hydrogens (tertiary/aromatic N) is 1. The summed E-state index contributed by atoms with van der Waals surface area (Å²) in [6, 6.07) is 0.399. The number of likely N-dealkylation sites (N-methyl/N-ethyl adjacent to an activating group) is 1. The topological polar surface area (TPSA) is 54.0 Å². The van der Waals surface area contributed by atoms with E-state index in [-0.39, 0.29) is 6.10 Å². The van der Waals surface area contributed by atoms with Gasteiger partial charge in [-0.3, -0.25) is 0 Å². The monoisotopic (exact) mass is 290 g/mol. The van der Waals surface area contributed by atoms with Crippen molar-refractivity contribution in [2.75, 3.05) is 47.5 Å². The number of rotatable bonds is 12. The molecule has 0 rings (SSSR count). The average molecular weight is 290 g/mol. The minimum Gasteiger partial charge on any atom is -0.389 e. The summed E-state index contributed by atoms with van der Waals surface area (Å²) in [4.78, 5) is 2.17. The van der Waals surface area contributed by atoms with Crippen LogP contribution in [0.1, 0.15) is 27.2 Å². The molecule has 0 saturated heterocycles. The minimum absolute atomic E-state index is 0.0166. The van der Waals surface area contributed by atoms with Crippen molar-refractivity contribution >= 4 is 0 Å². The van der Waals surface area contributed by atoms with E-state index in [1.165, 1.54) is 0 Å². The summed E-state index contributed by atoms with van der Waals surface area (Å²) in [6.07, 6.45) is 0.639. The molecule has 0 radical (unpaired) electrons. The van der Waals surface area contributed by atoms with Crippen LogP contribution in [0.5, 0.6) is 0 Å². The lowest BCUT2D eigenvalue weighted by Crippen LogP contribution is -2.43. The number of ether oxygens (including phenoxy) is 2. The molecule has 0 bridgehead atoms. The summed E-state index contributed by atoms with van der Waals surface area (Å²) in [5.41, 5.74) is 0. The van der Waals surface area contributed by atoms with Crippen molar-refractivity contribution in [2.24, 2.45) is 5.92 Å². The summed E-state index contributed by atoms with van der Waals surface area (Å²) < 4.78 is 10.5. The van der Waals surface area contributed by atoms with Crippen LogP contribution in [0.2, 0.25) is 0 Å². The van der Waals surface area contributed by atoms with E-state index in [0.29, 0.717) is 31.7 Å². The molecule has 0 amide bonds. The van der Waals surface area contributed by atoms with Crippen LogP contribution in [0.25, 0.3) is 0 Å². The summed E-state index contributed by atoms with van der Waals surface area (Å²) in [7, 11) is 5.79. The molecule has 0 heterocycles. The molecule has 3 unspecified atom stereocenters. The fourth-order valence-electron chi connectivity index (χ4n) is 2.15. The molecule has 2 N–H and O–H groups in total. The summed E-state index contributed by atoms with van der Waals surface area (Å²) in [5.74, 6) is 0.641. The molecule has 5 heteroatoms. The normalized spacial score (nSPS) is 16.6. The predicted molar refractivity (Wildman–Crippen MR) is 83.1 cm³/mol. The summed E-state index contributed by atoms with van der Waals surface area (Å²) >= 11 is 0. The Kier molecular flexibility index (Phi) is 11.3. The van der Waals surface area contributed by atoms with Crippen LogP contribution in [0.4, 0.5) is 0 Å². The van der Waals surface area contributed by atoms with Crippen LogP contribution in [0, 0.1) is 5.92 Å². The Morgan fingerprint density at radius 3 is 2.30 bits per heavy atom. The smallest absolute Gasteiger partial charge is 0.0897 e. The molecule has 0 saturated carbocycles. The Bertz CT molecular complexity index is 215. The van der Waals surface area contributed by atoms with Gasteiger partial charge >= 0.3 is 0 Å². The van der Waals surface area contributed by atoms with Gasteiger partial charge in [-0.2, -0.15) is 0 Å². The standard InChI is InChI=1S/C15H34N2O3/c1-12(2)7-14(9-17(4)5)16-8-15(18)11-20-13(3)10-19-6/h12-16,18H,7-11H2,1-6H3. The molecule has 0 aliphatic rings. The van der Waals surface area contributed by atoms with Gasteiger partial charge in [-0.1, -0.05) is 13.8 Å². The molecule has 20 heavy (non-hydrogen) atoms. The molecule has 0 aromatic rings. The second-order valence-electron chi connectivity index (χ2n) is 6.25. The largest absolute Gasteiger partial charge is 0.389 e. The number of aliphatic hydroxyl groups is 1. The van der Waals surface area contributed by atoms with Crippen molar-refractivity contribution in [3.05, 3.63) is 0 Å². The molecule has 0 spiro atoms. The van der Waals surface area contributed by atoms with E-state index in [4.69, 9.17) is 9.47 Å². The van der Waals surface area contributed by atoms with Crippen molar-refractivity contribution < 1.29 is 14.6 Å². The first-order valence-electron chi connectivity index (χ1n) is 7.51. The first kappa shape index (κ1) is 19.8. The van der Waals surface area contributed by atoms with Gasteiger partial charge < -0.3 is 24.8 Å². The quantitative estimate of drug-likeness (QED) is 0.561. The van der Waals surface area contributed by atoms with Crippen LogP contribution < -0.4 is 5.32 Å². The Balaban J connectivity index is 3.94. The minimum atomic E-state index is -0.480. The molecule has 3 atom stereocenters. The fourth-order valence-corrected chi connectivity index (χ4v) is 2.15. The summed E-state index contributed by atoms with van der Waals surface area (Å²) in [5, 5.41) is 13.4. The van der Waals surface area contributed by atoms with Gasteiger partial charge in [0.05, 0.1) is 25.4 Å². The Morgan fingerprint density at radius 2 is 1.80 bits per heavy atom. The van der Waals surface area contributed by atoms with Gasteiger partial charge in [0, 0.05) is 26.2 Å². The Hall–Kier alpha value is -0.200. The van der Waals surface area contributed by atoms with E-state index >= 15 is 0 Å². The fraction of sp³-hybridized carbons (Fsp3) is 1.00. The number of hydrogen-bond acceptors (Lipinski definition) is 5. The number of hydrogen-bond donors (Lipinski definition) is 2. The van der Waals surface area contributed by atoms with Gasteiger partial charge in [0.1, 0.15) is 0 Å². The van der Waals surface area contributed by atoms with Crippen molar-refractivity contribution in [1.82, 2.24) is 10.2 Å². The van der Waals surface area contributed by atoms with Crippen molar-refractivity contribution in [3.8, 4) is 0 Å². The lowest BCUT2D eigenvalue weighted by molar-refractivity contribution is -0.0318. The van der Waals surface area contributed by atoms with Gasteiger partial charge in [0.2, 0.25) is 0 Å². The average Bonchev–Trinajstić information content (AvgIpc) is 2.32. The van der Waals surface area contributed by atoms with E-state index in [0.717, 1.165) is 13.0 Å². The van der Waals surface area contributed by atoms with Crippen molar-refractivity contribution in [1.29, 1.82) is 0 Å². The second-order valence-corrected chi connectivity index (χ2v) is 6.25. The van der Waals surface area contributed by atoms with Gasteiger partial charge in [-0.05, 0) is 33.4 Å². The molecular weight excluding hydrogens is 256 g/mol. The molecule has 0 aliphatic carbocycles. The predicted octanol–water partition coefficient (Wildman–Crippen LogP) is 0.965. The van der Waals surface area contributed by atoms with Crippen LogP contribution in [-0.2, 0) is 9.47 Å². The van der Waals surface area contributed by atoms with E-state index < -0.39 is 6.10 Å².